The number of para-hydroxylation sites is 1. The summed E-state index contributed by atoms with van der Waals surface area (Å²) in [5.41, 5.74) is 5.70. The number of benzene rings is 3. The van der Waals surface area contributed by atoms with E-state index < -0.39 is 0 Å². The highest BCUT2D eigenvalue weighted by Crippen LogP contribution is 2.45. The molecule has 0 unspecified atom stereocenters. The summed E-state index contributed by atoms with van der Waals surface area (Å²) in [4.78, 5) is 21.9. The van der Waals surface area contributed by atoms with Crippen molar-refractivity contribution in [3.8, 4) is 16.3 Å². The molecule has 2 aromatic heterocycles. The first kappa shape index (κ1) is 26.4. The third-order valence-electron chi connectivity index (χ3n) is 6.67. The van der Waals surface area contributed by atoms with E-state index in [-0.39, 0.29) is 18.3 Å². The molecule has 1 amide bonds. The minimum Gasteiger partial charge on any atom is -0.497 e. The number of aromatic nitrogens is 1. The van der Waals surface area contributed by atoms with E-state index in [2.05, 4.69) is 52.7 Å². The number of rotatable bonds is 7. The number of carbonyl (C=O) groups excluding carboxylic acids is 1. The molecule has 0 bridgehead atoms. The topological polar surface area (TPSA) is 54.5 Å². The molecule has 0 atom stereocenters. The number of fused-ring (bicyclic) bond motifs is 2. The number of nitrogens with one attached hydrogen (secondary N) is 1. The Morgan fingerprint density at radius 1 is 0.974 bits per heavy atom. The molecule has 8 heteroatoms. The molecular weight excluding hydrogens is 534 g/mol. The third-order valence-corrected chi connectivity index (χ3v) is 8.86. The normalized spacial score (nSPS) is 13.1. The van der Waals surface area contributed by atoms with Gasteiger partial charge in [0.1, 0.15) is 15.8 Å². The zero-order chi connectivity index (χ0) is 25.2. The lowest BCUT2D eigenvalue weighted by Crippen LogP contribution is -2.29. The molecular formula is C30H28ClN3O2S2. The maximum Gasteiger partial charge on any atom is 0.229 e. The summed E-state index contributed by atoms with van der Waals surface area (Å²) in [7, 11) is 1.64. The first-order chi connectivity index (χ1) is 18.2. The number of methoxy groups -OCH3 is 1. The Hall–Kier alpha value is -3.23. The van der Waals surface area contributed by atoms with Gasteiger partial charge in [0.25, 0.3) is 0 Å². The van der Waals surface area contributed by atoms with Gasteiger partial charge in [-0.3, -0.25) is 9.69 Å². The predicted molar refractivity (Wildman–Crippen MR) is 160 cm³/mol. The van der Waals surface area contributed by atoms with Gasteiger partial charge in [-0.25, -0.2) is 4.98 Å². The van der Waals surface area contributed by atoms with E-state index >= 15 is 0 Å². The first-order valence-corrected chi connectivity index (χ1v) is 14.0. The number of thiazole rings is 1. The average molecular weight is 562 g/mol. The molecule has 5 aromatic rings. The molecule has 0 radical (unpaired) electrons. The number of anilines is 1. The van der Waals surface area contributed by atoms with E-state index in [9.17, 15) is 4.79 Å². The molecule has 38 heavy (non-hydrogen) atoms. The van der Waals surface area contributed by atoms with E-state index in [1.165, 1.54) is 16.0 Å². The Morgan fingerprint density at radius 3 is 2.50 bits per heavy atom. The molecule has 6 rings (SSSR count). The summed E-state index contributed by atoms with van der Waals surface area (Å²) in [5, 5.41) is 5.14. The zero-order valence-electron chi connectivity index (χ0n) is 21.0. The molecule has 1 aliphatic rings. The van der Waals surface area contributed by atoms with Crippen LogP contribution in [-0.4, -0.2) is 29.4 Å². The highest BCUT2D eigenvalue weighted by atomic mass is 35.5. The molecule has 0 spiro atoms. The minimum atomic E-state index is -0.0210. The number of hydrogen-bond donors (Lipinski definition) is 1. The molecule has 1 aliphatic heterocycles. The van der Waals surface area contributed by atoms with E-state index in [0.29, 0.717) is 6.42 Å². The SMILES string of the molecule is COc1ccc(CC(=O)Nc2sc3c(c2-c2nc4ccccc4s2)CCN(Cc2ccccc2)C3)cc1.Cl. The summed E-state index contributed by atoms with van der Waals surface area (Å²) >= 11 is 3.40. The van der Waals surface area contributed by atoms with Crippen molar-refractivity contribution in [2.45, 2.75) is 25.9 Å². The van der Waals surface area contributed by atoms with Crippen molar-refractivity contribution in [1.29, 1.82) is 0 Å². The lowest BCUT2D eigenvalue weighted by molar-refractivity contribution is -0.115. The number of hydrogen-bond acceptors (Lipinski definition) is 6. The van der Waals surface area contributed by atoms with Crippen LogP contribution in [0.4, 0.5) is 5.00 Å². The number of thiophene rings is 1. The standard InChI is InChI=1S/C30H27N3O2S2.ClH/c1-35-22-13-11-20(12-14-22)17-27(34)32-30-28(29-31-24-9-5-6-10-25(24)36-29)23-15-16-33(19-26(23)37-30)18-21-7-3-2-4-8-21;/h2-14H,15-19H2,1H3,(H,32,34);1H. The van der Waals surface area contributed by atoms with Crippen LogP contribution in [0.25, 0.3) is 20.8 Å². The summed E-state index contributed by atoms with van der Waals surface area (Å²) < 4.78 is 6.40. The molecule has 0 saturated carbocycles. The van der Waals surface area contributed by atoms with Gasteiger partial charge in [-0.1, -0.05) is 54.6 Å². The van der Waals surface area contributed by atoms with Crippen molar-refractivity contribution in [2.75, 3.05) is 19.0 Å². The minimum absolute atomic E-state index is 0. The summed E-state index contributed by atoms with van der Waals surface area (Å²) in [5.74, 6) is 0.764. The van der Waals surface area contributed by atoms with Crippen LogP contribution >= 0.6 is 35.1 Å². The molecule has 3 aromatic carbocycles. The van der Waals surface area contributed by atoms with Gasteiger partial charge in [0.15, 0.2) is 0 Å². The number of nitrogens with zero attached hydrogens (tertiary/aromatic N) is 2. The number of carbonyl (C=O) groups is 1. The van der Waals surface area contributed by atoms with Crippen molar-refractivity contribution < 1.29 is 9.53 Å². The lowest BCUT2D eigenvalue weighted by Gasteiger charge is -2.27. The fourth-order valence-corrected chi connectivity index (χ4v) is 7.24. The van der Waals surface area contributed by atoms with E-state index in [0.717, 1.165) is 63.2 Å². The second-order valence-electron chi connectivity index (χ2n) is 9.21. The van der Waals surface area contributed by atoms with Crippen molar-refractivity contribution in [2.24, 2.45) is 0 Å². The van der Waals surface area contributed by atoms with Gasteiger partial charge in [0.05, 0.1) is 23.7 Å². The summed E-state index contributed by atoms with van der Waals surface area (Å²) in [6.07, 6.45) is 1.25. The second-order valence-corrected chi connectivity index (χ2v) is 11.3. The Balaban J connectivity index is 0.00000294. The molecule has 5 nitrogen and oxygen atoms in total. The maximum absolute atomic E-state index is 13.1. The number of halogens is 1. The number of ether oxygens (including phenoxy) is 1. The van der Waals surface area contributed by atoms with Gasteiger partial charge in [-0.15, -0.1) is 35.1 Å². The lowest BCUT2D eigenvalue weighted by atomic mass is 10.0. The van der Waals surface area contributed by atoms with E-state index in [1.807, 2.05) is 36.4 Å². The summed E-state index contributed by atoms with van der Waals surface area (Å²) in [6.45, 7) is 2.78. The Labute approximate surface area is 236 Å². The van der Waals surface area contributed by atoms with Crippen LogP contribution in [0.15, 0.2) is 78.9 Å². The maximum atomic E-state index is 13.1. The predicted octanol–water partition coefficient (Wildman–Crippen LogP) is 7.19. The van der Waals surface area contributed by atoms with Crippen molar-refractivity contribution in [3.05, 3.63) is 100 Å². The van der Waals surface area contributed by atoms with Crippen LogP contribution in [0.5, 0.6) is 5.75 Å². The largest absolute Gasteiger partial charge is 0.497 e. The van der Waals surface area contributed by atoms with Gasteiger partial charge in [0.2, 0.25) is 5.91 Å². The van der Waals surface area contributed by atoms with Crippen molar-refractivity contribution in [1.82, 2.24) is 9.88 Å². The fourth-order valence-electron chi connectivity index (χ4n) is 4.83. The molecule has 0 fully saturated rings. The van der Waals surface area contributed by atoms with E-state index in [4.69, 9.17) is 9.72 Å². The highest BCUT2D eigenvalue weighted by molar-refractivity contribution is 7.22. The summed E-state index contributed by atoms with van der Waals surface area (Å²) in [6, 6.07) is 26.5. The number of amides is 1. The second kappa shape index (κ2) is 11.7. The van der Waals surface area contributed by atoms with E-state index in [1.54, 1.807) is 29.8 Å². The van der Waals surface area contributed by atoms with Crippen molar-refractivity contribution >= 4 is 56.2 Å². The molecule has 0 saturated heterocycles. The quantitative estimate of drug-likeness (QED) is 0.228. The molecule has 1 N–H and O–H groups in total. The molecule has 3 heterocycles. The van der Waals surface area contributed by atoms with Gasteiger partial charge < -0.3 is 10.1 Å². The highest BCUT2D eigenvalue weighted by Gasteiger charge is 2.28. The van der Waals surface area contributed by atoms with Crippen LogP contribution in [-0.2, 0) is 30.7 Å². The molecule has 194 valence electrons. The fraction of sp³-hybridized carbons (Fsp3) is 0.200. The Morgan fingerprint density at radius 2 is 1.74 bits per heavy atom. The van der Waals surface area contributed by atoms with Crippen LogP contribution in [0.2, 0.25) is 0 Å². The van der Waals surface area contributed by atoms with Gasteiger partial charge in [-0.2, -0.15) is 0 Å². The Bertz CT molecular complexity index is 1510. The third kappa shape index (κ3) is 5.61. The van der Waals surface area contributed by atoms with Crippen molar-refractivity contribution in [3.63, 3.8) is 0 Å². The van der Waals surface area contributed by atoms with Gasteiger partial charge in [0, 0.05) is 30.1 Å². The smallest absolute Gasteiger partial charge is 0.229 e. The first-order valence-electron chi connectivity index (χ1n) is 12.4. The van der Waals surface area contributed by atoms with Crippen LogP contribution in [0.3, 0.4) is 0 Å². The zero-order valence-corrected chi connectivity index (χ0v) is 23.4. The van der Waals surface area contributed by atoms with Gasteiger partial charge in [-0.05, 0) is 47.4 Å². The van der Waals surface area contributed by atoms with Crippen LogP contribution in [0.1, 0.15) is 21.6 Å². The van der Waals surface area contributed by atoms with Gasteiger partial charge >= 0.3 is 0 Å². The Kier molecular flexibility index (Phi) is 8.09. The molecule has 0 aliphatic carbocycles. The van der Waals surface area contributed by atoms with Crippen LogP contribution < -0.4 is 10.1 Å². The monoisotopic (exact) mass is 561 g/mol. The van der Waals surface area contributed by atoms with Crippen LogP contribution in [0, 0.1) is 0 Å². The average Bonchev–Trinajstić information content (AvgIpc) is 3.50.